The lowest BCUT2D eigenvalue weighted by molar-refractivity contribution is 0.415. The van der Waals surface area contributed by atoms with Gasteiger partial charge in [-0.3, -0.25) is 0 Å². The molecule has 0 aliphatic heterocycles. The Bertz CT molecular complexity index is 628. The van der Waals surface area contributed by atoms with Gasteiger partial charge >= 0.3 is 0 Å². The Kier molecular flexibility index (Phi) is 4.65. The van der Waals surface area contributed by atoms with Gasteiger partial charge in [0.1, 0.15) is 11.6 Å². The Hall–Kier alpha value is -0.870. The van der Waals surface area contributed by atoms with Gasteiger partial charge < -0.3 is 9.30 Å². The number of rotatable bonds is 5. The summed E-state index contributed by atoms with van der Waals surface area (Å²) in [7, 11) is 1.71. The van der Waals surface area contributed by atoms with Crippen molar-refractivity contribution in [3.8, 4) is 5.75 Å². The van der Waals surface area contributed by atoms with Crippen LogP contribution in [0.2, 0.25) is 0 Å². The maximum Gasteiger partial charge on any atom is 0.121 e. The van der Waals surface area contributed by atoms with Gasteiger partial charge in [-0.05, 0) is 31.2 Å². The van der Waals surface area contributed by atoms with Crippen LogP contribution in [0.25, 0.3) is 11.0 Å². The highest BCUT2D eigenvalue weighted by atomic mass is 35.5. The fourth-order valence-electron chi connectivity index (χ4n) is 3.36. The van der Waals surface area contributed by atoms with Gasteiger partial charge in [0.15, 0.2) is 0 Å². The van der Waals surface area contributed by atoms with Crippen LogP contribution in [0.5, 0.6) is 5.75 Å². The van der Waals surface area contributed by atoms with E-state index in [2.05, 4.69) is 16.9 Å². The van der Waals surface area contributed by atoms with Gasteiger partial charge in [-0.15, -0.1) is 11.6 Å². The first-order chi connectivity index (χ1) is 10.3. The lowest BCUT2D eigenvalue weighted by Crippen LogP contribution is -2.18. The van der Waals surface area contributed by atoms with Crippen molar-refractivity contribution in [3.05, 3.63) is 24.0 Å². The van der Waals surface area contributed by atoms with E-state index in [1.165, 1.54) is 24.8 Å². The zero-order valence-corrected chi connectivity index (χ0v) is 14.1. The van der Waals surface area contributed by atoms with E-state index in [-0.39, 0.29) is 0 Å². The number of halogens is 1. The molecule has 2 atom stereocenters. The van der Waals surface area contributed by atoms with Crippen molar-refractivity contribution in [3.63, 3.8) is 0 Å². The van der Waals surface area contributed by atoms with Crippen LogP contribution in [0, 0.1) is 0 Å². The largest absolute Gasteiger partial charge is 0.497 e. The summed E-state index contributed by atoms with van der Waals surface area (Å²) in [5.74, 6) is 2.61. The molecule has 3 rings (SSSR count). The number of aryl methyl sites for hydroxylation is 1. The van der Waals surface area contributed by atoms with E-state index >= 15 is 0 Å². The molecule has 1 aromatic carbocycles. The second kappa shape index (κ2) is 6.49. The van der Waals surface area contributed by atoms with Crippen LogP contribution in [-0.4, -0.2) is 34.0 Å². The molecule has 1 aromatic heterocycles. The lowest BCUT2D eigenvalue weighted by atomic mass is 10.2. The van der Waals surface area contributed by atoms with E-state index in [0.717, 1.165) is 23.5 Å². The predicted molar refractivity (Wildman–Crippen MR) is 90.9 cm³/mol. The fourth-order valence-corrected chi connectivity index (χ4v) is 4.50. The summed E-state index contributed by atoms with van der Waals surface area (Å²) in [6.07, 6.45) is 6.83. The maximum atomic E-state index is 5.99. The lowest BCUT2D eigenvalue weighted by Gasteiger charge is -2.22. The summed E-state index contributed by atoms with van der Waals surface area (Å²) in [6, 6.07) is 6.65. The predicted octanol–water partition coefficient (Wildman–Crippen LogP) is 4.28. The third-order valence-corrected chi connectivity index (χ3v) is 5.68. The molecule has 0 amide bonds. The summed E-state index contributed by atoms with van der Waals surface area (Å²) in [4.78, 5) is 4.80. The van der Waals surface area contributed by atoms with Crippen molar-refractivity contribution in [2.24, 2.45) is 0 Å². The first-order valence-electron chi connectivity index (χ1n) is 7.42. The van der Waals surface area contributed by atoms with Crippen LogP contribution in [0.1, 0.15) is 31.1 Å². The van der Waals surface area contributed by atoms with Crippen LogP contribution in [0.4, 0.5) is 0 Å². The number of fused-ring (bicyclic) bond motifs is 1. The highest BCUT2D eigenvalue weighted by Crippen LogP contribution is 2.40. The normalized spacial score (nSPS) is 22.0. The minimum Gasteiger partial charge on any atom is -0.497 e. The van der Waals surface area contributed by atoms with Gasteiger partial charge in [-0.2, -0.15) is 11.8 Å². The molecule has 1 saturated carbocycles. The molecule has 21 heavy (non-hydrogen) atoms. The first kappa shape index (κ1) is 15.0. The zero-order valence-electron chi connectivity index (χ0n) is 12.5. The number of methoxy groups -OCH3 is 1. The highest BCUT2D eigenvalue weighted by Gasteiger charge is 2.30. The van der Waals surface area contributed by atoms with E-state index in [1.807, 2.05) is 23.9 Å². The molecule has 0 N–H and O–H groups in total. The minimum atomic E-state index is 0.523. The quantitative estimate of drug-likeness (QED) is 0.768. The highest BCUT2D eigenvalue weighted by molar-refractivity contribution is 7.99. The van der Waals surface area contributed by atoms with Gasteiger partial charge in [0.25, 0.3) is 0 Å². The van der Waals surface area contributed by atoms with Crippen LogP contribution in [0.3, 0.4) is 0 Å². The van der Waals surface area contributed by atoms with Crippen LogP contribution < -0.4 is 4.74 Å². The number of alkyl halides is 1. The third kappa shape index (κ3) is 2.76. The van der Waals surface area contributed by atoms with E-state index in [1.54, 1.807) is 7.11 Å². The van der Waals surface area contributed by atoms with Gasteiger partial charge in [0.2, 0.25) is 0 Å². The summed E-state index contributed by atoms with van der Waals surface area (Å²) >= 11 is 7.96. The Morgan fingerprint density at radius 3 is 3.00 bits per heavy atom. The van der Waals surface area contributed by atoms with Crippen molar-refractivity contribution in [1.82, 2.24) is 9.55 Å². The molecule has 2 aromatic rings. The van der Waals surface area contributed by atoms with Crippen molar-refractivity contribution in [2.75, 3.05) is 19.2 Å². The first-order valence-corrected chi connectivity index (χ1v) is 9.24. The molecule has 1 heterocycles. The molecule has 1 fully saturated rings. The monoisotopic (exact) mass is 324 g/mol. The molecule has 2 unspecified atom stereocenters. The summed E-state index contributed by atoms with van der Waals surface area (Å²) in [5, 5.41) is 0.669. The second-order valence-corrected chi connectivity index (χ2v) is 6.92. The van der Waals surface area contributed by atoms with Crippen LogP contribution in [-0.2, 0) is 6.42 Å². The number of benzene rings is 1. The van der Waals surface area contributed by atoms with Gasteiger partial charge in [-0.1, -0.05) is 6.42 Å². The van der Waals surface area contributed by atoms with Gasteiger partial charge in [0, 0.05) is 29.7 Å². The van der Waals surface area contributed by atoms with Crippen molar-refractivity contribution in [2.45, 2.75) is 37.0 Å². The van der Waals surface area contributed by atoms with Crippen molar-refractivity contribution in [1.29, 1.82) is 0 Å². The molecule has 3 nitrogen and oxygen atoms in total. The number of thioether (sulfide) groups is 1. The molecule has 0 spiro atoms. The summed E-state index contributed by atoms with van der Waals surface area (Å²) in [5.41, 5.74) is 2.23. The van der Waals surface area contributed by atoms with E-state index < -0.39 is 0 Å². The summed E-state index contributed by atoms with van der Waals surface area (Å²) < 4.78 is 7.81. The molecule has 0 bridgehead atoms. The second-order valence-electron chi connectivity index (χ2n) is 5.46. The average Bonchev–Trinajstić information content (AvgIpc) is 3.09. The maximum absolute atomic E-state index is 5.99. The average molecular weight is 325 g/mol. The van der Waals surface area contributed by atoms with Gasteiger partial charge in [-0.25, -0.2) is 4.98 Å². The SMILES string of the molecule is COc1ccc2nc(CCCl)n(C3CCCC3SC)c2c1. The molecular weight excluding hydrogens is 304 g/mol. The zero-order chi connectivity index (χ0) is 14.8. The number of aromatic nitrogens is 2. The Labute approximate surface area is 135 Å². The molecule has 0 radical (unpaired) electrons. The molecule has 1 aliphatic rings. The summed E-state index contributed by atoms with van der Waals surface area (Å²) in [6.45, 7) is 0. The molecular formula is C16H21ClN2OS. The van der Waals surface area contributed by atoms with Crippen LogP contribution in [0.15, 0.2) is 18.2 Å². The number of imidazole rings is 1. The van der Waals surface area contributed by atoms with E-state index in [4.69, 9.17) is 21.3 Å². The Morgan fingerprint density at radius 2 is 2.29 bits per heavy atom. The van der Waals surface area contributed by atoms with Crippen molar-refractivity contribution >= 4 is 34.4 Å². The molecule has 5 heteroatoms. The fraction of sp³-hybridized carbons (Fsp3) is 0.562. The van der Waals surface area contributed by atoms with Gasteiger partial charge in [0.05, 0.1) is 18.1 Å². The third-order valence-electron chi connectivity index (χ3n) is 4.34. The topological polar surface area (TPSA) is 27.1 Å². The molecule has 0 saturated heterocycles. The van der Waals surface area contributed by atoms with E-state index in [0.29, 0.717) is 17.2 Å². The minimum absolute atomic E-state index is 0.523. The number of hydrogen-bond donors (Lipinski definition) is 0. The van der Waals surface area contributed by atoms with Crippen LogP contribution >= 0.6 is 23.4 Å². The Morgan fingerprint density at radius 1 is 1.43 bits per heavy atom. The Balaban J connectivity index is 2.14. The number of hydrogen-bond acceptors (Lipinski definition) is 3. The number of ether oxygens (including phenoxy) is 1. The van der Waals surface area contributed by atoms with Crippen molar-refractivity contribution < 1.29 is 4.74 Å². The number of nitrogens with zero attached hydrogens (tertiary/aromatic N) is 2. The van der Waals surface area contributed by atoms with E-state index in [9.17, 15) is 0 Å². The molecule has 1 aliphatic carbocycles. The molecule has 114 valence electrons. The smallest absolute Gasteiger partial charge is 0.121 e. The standard InChI is InChI=1S/C16H21ClN2OS/c1-20-11-6-7-12-14(10-11)19(16(18-12)8-9-17)13-4-3-5-15(13)21-2/h6-7,10,13,15H,3-5,8-9H2,1-2H3.